The number of pyridine rings is 1. The molecule has 3 heterocycles. The van der Waals surface area contributed by atoms with Crippen LogP contribution in [-0.2, 0) is 19.6 Å². The zero-order chi connectivity index (χ0) is 18.8. The molecule has 3 aromatic rings. The summed E-state index contributed by atoms with van der Waals surface area (Å²) in [6.07, 6.45) is 1.81. The monoisotopic (exact) mass is 359 g/mol. The first-order chi connectivity index (χ1) is 13.2. The van der Waals surface area contributed by atoms with Gasteiger partial charge in [0.15, 0.2) is 0 Å². The Morgan fingerprint density at radius 1 is 1.22 bits per heavy atom. The lowest BCUT2D eigenvalue weighted by molar-refractivity contribution is 0.205. The number of fused-ring (bicyclic) bond motifs is 1. The summed E-state index contributed by atoms with van der Waals surface area (Å²) in [4.78, 5) is 6.82. The summed E-state index contributed by atoms with van der Waals surface area (Å²) >= 11 is 0. The number of nitriles is 1. The molecule has 0 saturated carbocycles. The van der Waals surface area contributed by atoms with Gasteiger partial charge in [0.2, 0.25) is 0 Å². The van der Waals surface area contributed by atoms with Crippen molar-refractivity contribution >= 4 is 0 Å². The summed E-state index contributed by atoms with van der Waals surface area (Å²) in [6, 6.07) is 14.1. The molecule has 0 radical (unpaired) electrons. The molecule has 136 valence electrons. The van der Waals surface area contributed by atoms with Crippen molar-refractivity contribution in [1.29, 1.82) is 5.26 Å². The molecule has 0 spiro atoms. The second kappa shape index (κ2) is 7.22. The van der Waals surface area contributed by atoms with E-state index in [9.17, 15) is 5.26 Å². The maximum Gasteiger partial charge on any atom is 0.120 e. The highest BCUT2D eigenvalue weighted by Crippen LogP contribution is 2.25. The van der Waals surface area contributed by atoms with Crippen LogP contribution in [0.5, 0.6) is 5.75 Å². The van der Waals surface area contributed by atoms with Gasteiger partial charge in [-0.3, -0.25) is 14.6 Å². The molecular formula is C21H21N5O. The van der Waals surface area contributed by atoms with Crippen LogP contribution in [0.15, 0.2) is 42.6 Å². The quantitative estimate of drug-likeness (QED) is 0.716. The zero-order valence-electron chi connectivity index (χ0n) is 15.5. The van der Waals surface area contributed by atoms with Gasteiger partial charge in [0.25, 0.3) is 0 Å². The van der Waals surface area contributed by atoms with Crippen LogP contribution in [0.2, 0.25) is 0 Å². The molecule has 4 rings (SSSR count). The normalized spacial score (nSPS) is 13.8. The van der Waals surface area contributed by atoms with E-state index in [0.29, 0.717) is 11.3 Å². The molecule has 0 bridgehead atoms. The van der Waals surface area contributed by atoms with Crippen LogP contribution in [0.25, 0.3) is 11.4 Å². The van der Waals surface area contributed by atoms with Gasteiger partial charge in [-0.15, -0.1) is 0 Å². The topological polar surface area (TPSA) is 67.0 Å². The predicted octanol–water partition coefficient (Wildman–Crippen LogP) is 3.15. The average Bonchev–Trinajstić information content (AvgIpc) is 3.11. The highest BCUT2D eigenvalue weighted by Gasteiger charge is 2.21. The Morgan fingerprint density at radius 3 is 2.89 bits per heavy atom. The molecule has 0 aliphatic carbocycles. The van der Waals surface area contributed by atoms with Crippen LogP contribution >= 0.6 is 0 Å². The number of hydrogen-bond acceptors (Lipinski definition) is 5. The van der Waals surface area contributed by atoms with Gasteiger partial charge in [-0.1, -0.05) is 12.1 Å². The molecule has 27 heavy (non-hydrogen) atoms. The van der Waals surface area contributed by atoms with Crippen LogP contribution in [0.4, 0.5) is 0 Å². The summed E-state index contributed by atoms with van der Waals surface area (Å²) < 4.78 is 7.29. The highest BCUT2D eigenvalue weighted by molar-refractivity contribution is 5.58. The minimum atomic E-state index is 0.665. The van der Waals surface area contributed by atoms with Crippen molar-refractivity contribution in [3.63, 3.8) is 0 Å². The lowest BCUT2D eigenvalue weighted by Gasteiger charge is -2.27. The van der Waals surface area contributed by atoms with Crippen LogP contribution in [0.1, 0.15) is 22.4 Å². The number of nitrogens with zero attached hydrogens (tertiary/aromatic N) is 5. The molecule has 0 amide bonds. The van der Waals surface area contributed by atoms with Gasteiger partial charge in [0.05, 0.1) is 36.7 Å². The van der Waals surface area contributed by atoms with Gasteiger partial charge in [-0.05, 0) is 42.3 Å². The Kier molecular flexibility index (Phi) is 4.61. The summed E-state index contributed by atoms with van der Waals surface area (Å²) in [5.74, 6) is 0.711. The first kappa shape index (κ1) is 17.3. The molecule has 0 fully saturated rings. The van der Waals surface area contributed by atoms with E-state index in [1.165, 1.54) is 5.69 Å². The fourth-order valence-electron chi connectivity index (χ4n) is 3.49. The number of ether oxygens (including phenoxy) is 1. The van der Waals surface area contributed by atoms with Crippen molar-refractivity contribution in [3.05, 3.63) is 65.0 Å². The second-order valence-electron chi connectivity index (χ2n) is 6.76. The van der Waals surface area contributed by atoms with Crippen LogP contribution in [-0.4, -0.2) is 33.3 Å². The summed E-state index contributed by atoms with van der Waals surface area (Å²) in [5, 5.41) is 14.2. The first-order valence-corrected chi connectivity index (χ1v) is 8.96. The van der Waals surface area contributed by atoms with E-state index in [4.69, 9.17) is 9.84 Å². The molecule has 1 aromatic carbocycles. The van der Waals surface area contributed by atoms with Crippen molar-refractivity contribution in [1.82, 2.24) is 19.7 Å². The Hall–Kier alpha value is -3.17. The van der Waals surface area contributed by atoms with Crippen molar-refractivity contribution in [2.24, 2.45) is 0 Å². The summed E-state index contributed by atoms with van der Waals surface area (Å²) in [7, 11) is 1.61. The highest BCUT2D eigenvalue weighted by atomic mass is 16.5. The lowest BCUT2D eigenvalue weighted by Crippen LogP contribution is -2.33. The number of methoxy groups -OCH3 is 1. The van der Waals surface area contributed by atoms with Gasteiger partial charge in [0, 0.05) is 25.8 Å². The maximum absolute atomic E-state index is 9.44. The Morgan fingerprint density at radius 2 is 2.11 bits per heavy atom. The average molecular weight is 359 g/mol. The first-order valence-electron chi connectivity index (χ1n) is 8.96. The number of aromatic nitrogens is 3. The van der Waals surface area contributed by atoms with E-state index in [2.05, 4.69) is 39.7 Å². The van der Waals surface area contributed by atoms with Gasteiger partial charge in [-0.25, -0.2) is 0 Å². The van der Waals surface area contributed by atoms with Crippen molar-refractivity contribution in [2.45, 2.75) is 26.6 Å². The Balaban J connectivity index is 1.54. The zero-order valence-corrected chi connectivity index (χ0v) is 15.5. The van der Waals surface area contributed by atoms with Crippen molar-refractivity contribution < 1.29 is 4.74 Å². The molecule has 0 saturated heterocycles. The van der Waals surface area contributed by atoms with Gasteiger partial charge < -0.3 is 4.74 Å². The fraction of sp³-hybridized carbons (Fsp3) is 0.286. The summed E-state index contributed by atoms with van der Waals surface area (Å²) in [5.41, 5.74) is 5.85. The minimum absolute atomic E-state index is 0.665. The van der Waals surface area contributed by atoms with E-state index in [1.807, 2.05) is 18.2 Å². The SMILES string of the molecule is COc1ccc(CN2CCn3nc(-c4ncccc4C)cc3C2)c(C#N)c1. The molecule has 0 N–H and O–H groups in total. The Labute approximate surface area is 158 Å². The van der Waals surface area contributed by atoms with Crippen molar-refractivity contribution in [3.8, 4) is 23.2 Å². The Bertz CT molecular complexity index is 1020. The van der Waals surface area contributed by atoms with Gasteiger partial charge in [-0.2, -0.15) is 10.4 Å². The molecular weight excluding hydrogens is 338 g/mol. The molecule has 0 atom stereocenters. The molecule has 2 aromatic heterocycles. The third-order valence-corrected chi connectivity index (χ3v) is 4.96. The predicted molar refractivity (Wildman–Crippen MR) is 102 cm³/mol. The van der Waals surface area contributed by atoms with Crippen molar-refractivity contribution in [2.75, 3.05) is 13.7 Å². The van der Waals surface area contributed by atoms with E-state index in [0.717, 1.165) is 48.7 Å². The van der Waals surface area contributed by atoms with Crippen LogP contribution in [0.3, 0.4) is 0 Å². The number of benzene rings is 1. The standard InChI is InChI=1S/C21H21N5O/c1-15-4-3-7-23-21(15)20-11-18-14-25(8-9-26(18)24-20)13-16-5-6-19(27-2)10-17(16)12-22/h3-7,10-11H,8-9,13-14H2,1-2H3. The van der Waals surface area contributed by atoms with Crippen LogP contribution in [0, 0.1) is 18.3 Å². The fourth-order valence-corrected chi connectivity index (χ4v) is 3.49. The number of aryl methyl sites for hydroxylation is 1. The van der Waals surface area contributed by atoms with E-state index in [-0.39, 0.29) is 0 Å². The van der Waals surface area contributed by atoms with E-state index in [1.54, 1.807) is 19.4 Å². The lowest BCUT2D eigenvalue weighted by atomic mass is 10.1. The summed E-state index contributed by atoms with van der Waals surface area (Å²) in [6.45, 7) is 5.32. The van der Waals surface area contributed by atoms with Gasteiger partial charge in [0.1, 0.15) is 11.4 Å². The smallest absolute Gasteiger partial charge is 0.120 e. The van der Waals surface area contributed by atoms with Gasteiger partial charge >= 0.3 is 0 Å². The third kappa shape index (κ3) is 3.42. The number of rotatable bonds is 4. The minimum Gasteiger partial charge on any atom is -0.497 e. The molecule has 0 unspecified atom stereocenters. The molecule has 1 aliphatic rings. The van der Waals surface area contributed by atoms with E-state index >= 15 is 0 Å². The second-order valence-corrected chi connectivity index (χ2v) is 6.76. The molecule has 1 aliphatic heterocycles. The maximum atomic E-state index is 9.44. The third-order valence-electron chi connectivity index (χ3n) is 4.96. The van der Waals surface area contributed by atoms with E-state index < -0.39 is 0 Å². The number of hydrogen-bond donors (Lipinski definition) is 0. The largest absolute Gasteiger partial charge is 0.497 e. The molecule has 6 nitrogen and oxygen atoms in total. The molecule has 6 heteroatoms. The van der Waals surface area contributed by atoms with Crippen LogP contribution < -0.4 is 4.74 Å².